The Morgan fingerprint density at radius 3 is 2.42 bits per heavy atom. The number of nitrogens with one attached hydrogen (secondary N) is 2. The van der Waals surface area contributed by atoms with Crippen LogP contribution in [0, 0.1) is 13.8 Å². The molecular formula is C22H20ClN3O4S. The van der Waals surface area contributed by atoms with Gasteiger partial charge in [0, 0.05) is 22.0 Å². The van der Waals surface area contributed by atoms with E-state index in [1.54, 1.807) is 49.4 Å². The number of carbonyl (C=O) groups excluding carboxylic acids is 3. The van der Waals surface area contributed by atoms with E-state index in [0.29, 0.717) is 27.5 Å². The number of nitrogen functional groups attached to an aromatic ring is 1. The number of carbonyl (C=O) groups is 3. The Morgan fingerprint density at radius 1 is 1.03 bits per heavy atom. The summed E-state index contributed by atoms with van der Waals surface area (Å²) in [6.45, 7) is 3.45. The normalized spacial score (nSPS) is 10.5. The van der Waals surface area contributed by atoms with Crippen LogP contribution in [0.3, 0.4) is 0 Å². The second-order valence-corrected chi connectivity index (χ2v) is 8.20. The highest BCUT2D eigenvalue weighted by molar-refractivity contribution is 7.19. The molecule has 4 N–H and O–H groups in total. The molecule has 1 aromatic heterocycles. The fourth-order valence-corrected chi connectivity index (χ4v) is 4.15. The molecule has 3 aromatic rings. The molecule has 0 aliphatic heterocycles. The Labute approximate surface area is 188 Å². The van der Waals surface area contributed by atoms with Gasteiger partial charge in [-0.25, -0.2) is 4.79 Å². The number of methoxy groups -OCH3 is 1. The zero-order valence-corrected chi connectivity index (χ0v) is 18.6. The van der Waals surface area contributed by atoms with E-state index in [-0.39, 0.29) is 15.4 Å². The van der Waals surface area contributed by atoms with Crippen LogP contribution >= 0.6 is 22.9 Å². The van der Waals surface area contributed by atoms with Gasteiger partial charge in [-0.15, -0.1) is 11.3 Å². The monoisotopic (exact) mass is 457 g/mol. The van der Waals surface area contributed by atoms with Gasteiger partial charge in [0.25, 0.3) is 11.8 Å². The molecule has 2 aromatic carbocycles. The molecule has 0 aliphatic carbocycles. The Balaban J connectivity index is 1.94. The van der Waals surface area contributed by atoms with Gasteiger partial charge in [0.15, 0.2) is 0 Å². The first-order chi connectivity index (χ1) is 14.7. The first-order valence-electron chi connectivity index (χ1n) is 9.17. The third kappa shape index (κ3) is 4.87. The summed E-state index contributed by atoms with van der Waals surface area (Å²) < 4.78 is 4.85. The number of hydrogen-bond donors (Lipinski definition) is 3. The van der Waals surface area contributed by atoms with Crippen LogP contribution in [-0.4, -0.2) is 24.9 Å². The van der Waals surface area contributed by atoms with E-state index in [0.717, 1.165) is 16.9 Å². The summed E-state index contributed by atoms with van der Waals surface area (Å²) in [5.74, 6) is -1.55. The van der Waals surface area contributed by atoms with Crippen LogP contribution in [0.2, 0.25) is 5.02 Å². The number of benzene rings is 2. The first kappa shape index (κ1) is 22.3. The third-order valence-electron chi connectivity index (χ3n) is 4.59. The Bertz CT molecular complexity index is 1190. The number of thiophene rings is 1. The van der Waals surface area contributed by atoms with Crippen molar-refractivity contribution in [2.75, 3.05) is 23.5 Å². The van der Waals surface area contributed by atoms with Crippen molar-refractivity contribution in [2.45, 2.75) is 13.8 Å². The van der Waals surface area contributed by atoms with Gasteiger partial charge in [-0.1, -0.05) is 23.7 Å². The maximum atomic E-state index is 12.8. The summed E-state index contributed by atoms with van der Waals surface area (Å²) in [6.07, 6.45) is 0. The molecule has 0 radical (unpaired) electrons. The second kappa shape index (κ2) is 9.20. The summed E-state index contributed by atoms with van der Waals surface area (Å²) in [6, 6.07) is 11.6. The molecule has 2 amide bonds. The molecule has 7 nitrogen and oxygen atoms in total. The molecular weight excluding hydrogens is 438 g/mol. The van der Waals surface area contributed by atoms with Gasteiger partial charge in [0.2, 0.25) is 0 Å². The number of esters is 1. The maximum absolute atomic E-state index is 12.8. The van der Waals surface area contributed by atoms with E-state index < -0.39 is 17.8 Å². The molecule has 31 heavy (non-hydrogen) atoms. The number of nitrogens with two attached hydrogens (primary N) is 1. The SMILES string of the molecule is COC(=O)c1c(NC(=O)c2ccc(C)c(N)c2)sc(C(=O)Nc2cccc(Cl)c2)c1C. The van der Waals surface area contributed by atoms with Crippen LogP contribution in [0.4, 0.5) is 16.4 Å². The highest BCUT2D eigenvalue weighted by atomic mass is 35.5. The quantitative estimate of drug-likeness (QED) is 0.373. The van der Waals surface area contributed by atoms with E-state index in [4.69, 9.17) is 22.1 Å². The Kier molecular flexibility index (Phi) is 6.62. The van der Waals surface area contributed by atoms with Gasteiger partial charge in [-0.2, -0.15) is 0 Å². The van der Waals surface area contributed by atoms with Gasteiger partial charge in [-0.05, 0) is 55.3 Å². The number of hydrogen-bond acceptors (Lipinski definition) is 6. The third-order valence-corrected chi connectivity index (χ3v) is 6.03. The van der Waals surface area contributed by atoms with Crippen molar-refractivity contribution < 1.29 is 19.1 Å². The summed E-state index contributed by atoms with van der Waals surface area (Å²) in [5, 5.41) is 6.13. The number of halogens is 1. The fraction of sp³-hybridized carbons (Fsp3) is 0.136. The van der Waals surface area contributed by atoms with Crippen LogP contribution in [0.5, 0.6) is 0 Å². The zero-order chi connectivity index (χ0) is 22.7. The van der Waals surface area contributed by atoms with Crippen molar-refractivity contribution in [3.8, 4) is 0 Å². The minimum Gasteiger partial charge on any atom is -0.465 e. The summed E-state index contributed by atoms with van der Waals surface area (Å²) >= 11 is 6.95. The molecule has 0 bridgehead atoms. The van der Waals surface area contributed by atoms with Crippen molar-refractivity contribution in [1.29, 1.82) is 0 Å². The highest BCUT2D eigenvalue weighted by Gasteiger charge is 2.26. The van der Waals surface area contributed by atoms with E-state index in [9.17, 15) is 14.4 Å². The van der Waals surface area contributed by atoms with E-state index in [1.165, 1.54) is 7.11 Å². The van der Waals surface area contributed by atoms with Crippen molar-refractivity contribution in [1.82, 2.24) is 0 Å². The number of aryl methyl sites for hydroxylation is 1. The van der Waals surface area contributed by atoms with Crippen molar-refractivity contribution in [3.05, 3.63) is 74.6 Å². The number of amides is 2. The predicted molar refractivity (Wildman–Crippen MR) is 123 cm³/mol. The molecule has 0 unspecified atom stereocenters. The first-order valence-corrected chi connectivity index (χ1v) is 10.4. The molecule has 0 saturated carbocycles. The van der Waals surface area contributed by atoms with E-state index >= 15 is 0 Å². The van der Waals surface area contributed by atoms with Crippen molar-refractivity contribution in [3.63, 3.8) is 0 Å². The summed E-state index contributed by atoms with van der Waals surface area (Å²) in [7, 11) is 1.23. The molecule has 0 saturated heterocycles. The lowest BCUT2D eigenvalue weighted by molar-refractivity contribution is 0.0601. The molecule has 0 spiro atoms. The highest BCUT2D eigenvalue weighted by Crippen LogP contribution is 2.35. The van der Waals surface area contributed by atoms with Gasteiger partial charge < -0.3 is 21.1 Å². The molecule has 9 heteroatoms. The van der Waals surface area contributed by atoms with E-state index in [1.807, 2.05) is 6.92 Å². The van der Waals surface area contributed by atoms with Crippen molar-refractivity contribution >= 4 is 57.1 Å². The van der Waals surface area contributed by atoms with Gasteiger partial charge in [-0.3, -0.25) is 9.59 Å². The lowest BCUT2D eigenvalue weighted by Gasteiger charge is -2.07. The van der Waals surface area contributed by atoms with Crippen LogP contribution < -0.4 is 16.4 Å². The second-order valence-electron chi connectivity index (χ2n) is 6.74. The molecule has 3 rings (SSSR count). The zero-order valence-electron chi connectivity index (χ0n) is 17.0. The predicted octanol–water partition coefficient (Wildman–Crippen LogP) is 4.89. The molecule has 0 fully saturated rings. The van der Waals surface area contributed by atoms with Crippen LogP contribution in [0.15, 0.2) is 42.5 Å². The van der Waals surface area contributed by atoms with Crippen LogP contribution in [0.1, 0.15) is 41.5 Å². The number of anilines is 3. The Hall–Kier alpha value is -3.36. The lowest BCUT2D eigenvalue weighted by atomic mass is 10.1. The summed E-state index contributed by atoms with van der Waals surface area (Å²) in [4.78, 5) is 38.2. The maximum Gasteiger partial charge on any atom is 0.341 e. The summed E-state index contributed by atoms with van der Waals surface area (Å²) in [5.41, 5.74) is 8.57. The largest absolute Gasteiger partial charge is 0.465 e. The van der Waals surface area contributed by atoms with Crippen LogP contribution in [-0.2, 0) is 4.74 Å². The standard InChI is InChI=1S/C22H20ClN3O4S/c1-11-7-8-13(9-16(11)24)19(27)26-21-17(22(29)30-3)12(2)18(31-21)20(28)25-15-6-4-5-14(23)10-15/h4-10H,24H2,1-3H3,(H,25,28)(H,26,27). The minimum atomic E-state index is -0.658. The minimum absolute atomic E-state index is 0.122. The van der Waals surface area contributed by atoms with Gasteiger partial charge in [0.05, 0.1) is 17.6 Å². The average Bonchev–Trinajstić information content (AvgIpc) is 3.05. The van der Waals surface area contributed by atoms with Crippen molar-refractivity contribution in [2.24, 2.45) is 0 Å². The number of rotatable bonds is 5. The fourth-order valence-electron chi connectivity index (χ4n) is 2.88. The van der Waals surface area contributed by atoms with E-state index in [2.05, 4.69) is 10.6 Å². The van der Waals surface area contributed by atoms with Crippen LogP contribution in [0.25, 0.3) is 0 Å². The van der Waals surface area contributed by atoms with Gasteiger partial charge in [0.1, 0.15) is 5.00 Å². The topological polar surface area (TPSA) is 111 Å². The average molecular weight is 458 g/mol. The number of ether oxygens (including phenoxy) is 1. The lowest BCUT2D eigenvalue weighted by Crippen LogP contribution is -2.15. The smallest absolute Gasteiger partial charge is 0.341 e. The molecule has 0 atom stereocenters. The molecule has 0 aliphatic rings. The molecule has 1 heterocycles. The van der Waals surface area contributed by atoms with Gasteiger partial charge >= 0.3 is 5.97 Å². The molecule has 160 valence electrons. The Morgan fingerprint density at radius 2 is 1.77 bits per heavy atom.